The van der Waals surface area contributed by atoms with E-state index in [-0.39, 0.29) is 13.0 Å². The van der Waals surface area contributed by atoms with E-state index >= 15 is 0 Å². The molecule has 0 saturated carbocycles. The zero-order chi connectivity index (χ0) is 9.19. The molecule has 0 aromatic rings. The van der Waals surface area contributed by atoms with Crippen LogP contribution in [0, 0.1) is 0 Å². The van der Waals surface area contributed by atoms with Gasteiger partial charge in [-0.1, -0.05) is 0 Å². The lowest BCUT2D eigenvalue weighted by Gasteiger charge is -2.34. The third kappa shape index (κ3) is 1.43. The summed E-state index contributed by atoms with van der Waals surface area (Å²) < 4.78 is 4.39. The molecule has 3 N–H and O–H groups in total. The molecule has 2 atom stereocenters. The molecule has 70 valence electrons. The van der Waals surface area contributed by atoms with Gasteiger partial charge in [0, 0.05) is 13.0 Å². The minimum Gasteiger partial charge on any atom is -0.467 e. The number of β-amino-alcohol motifs (C(OH)–C–C–N with tert-alkyl or cyclic N) is 1. The van der Waals surface area contributed by atoms with Crippen molar-refractivity contribution < 1.29 is 19.7 Å². The topological polar surface area (TPSA) is 78.8 Å². The molecular formula is C7H13NO4. The fourth-order valence-corrected chi connectivity index (χ4v) is 1.27. The van der Waals surface area contributed by atoms with E-state index in [0.717, 1.165) is 0 Å². The molecule has 0 radical (unpaired) electrons. The molecule has 0 amide bonds. The Morgan fingerprint density at radius 1 is 1.75 bits per heavy atom. The van der Waals surface area contributed by atoms with Crippen LogP contribution < -0.4 is 5.32 Å². The van der Waals surface area contributed by atoms with Crippen LogP contribution >= 0.6 is 0 Å². The van der Waals surface area contributed by atoms with Gasteiger partial charge in [-0.2, -0.15) is 0 Å². The van der Waals surface area contributed by atoms with Gasteiger partial charge in [-0.3, -0.25) is 0 Å². The minimum absolute atomic E-state index is 0.181. The van der Waals surface area contributed by atoms with Crippen molar-refractivity contribution >= 4 is 5.97 Å². The van der Waals surface area contributed by atoms with Crippen molar-refractivity contribution in [3.8, 4) is 0 Å². The van der Waals surface area contributed by atoms with Crippen molar-refractivity contribution in [2.75, 3.05) is 20.2 Å². The number of ether oxygens (including phenoxy) is 1. The molecule has 1 fully saturated rings. The highest BCUT2D eigenvalue weighted by Gasteiger charge is 2.45. The summed E-state index contributed by atoms with van der Waals surface area (Å²) in [6.45, 7) is 0.717. The number of piperidine rings is 1. The van der Waals surface area contributed by atoms with E-state index in [2.05, 4.69) is 10.1 Å². The molecule has 0 aromatic carbocycles. The Labute approximate surface area is 70.3 Å². The van der Waals surface area contributed by atoms with Crippen LogP contribution in [0.1, 0.15) is 6.42 Å². The zero-order valence-corrected chi connectivity index (χ0v) is 6.91. The Hall–Kier alpha value is -0.650. The molecule has 1 aliphatic rings. The Morgan fingerprint density at radius 2 is 2.42 bits per heavy atom. The van der Waals surface area contributed by atoms with Gasteiger partial charge in [0.15, 0.2) is 5.60 Å². The summed E-state index contributed by atoms with van der Waals surface area (Å²) in [6.07, 6.45) is -0.903. The second kappa shape index (κ2) is 3.38. The number of rotatable bonds is 1. The Kier molecular flexibility index (Phi) is 2.66. The molecule has 1 heterocycles. The Balaban J connectivity index is 2.72. The summed E-state index contributed by atoms with van der Waals surface area (Å²) in [5.41, 5.74) is -1.72. The van der Waals surface area contributed by atoms with E-state index in [1.165, 1.54) is 7.11 Å². The highest BCUT2D eigenvalue weighted by atomic mass is 16.5. The summed E-state index contributed by atoms with van der Waals surface area (Å²) in [5.74, 6) is -0.767. The van der Waals surface area contributed by atoms with Crippen LogP contribution in [0.3, 0.4) is 0 Å². The first kappa shape index (κ1) is 9.44. The third-order valence-corrected chi connectivity index (χ3v) is 2.11. The molecule has 0 aromatic heterocycles. The zero-order valence-electron chi connectivity index (χ0n) is 6.91. The van der Waals surface area contributed by atoms with Crippen molar-refractivity contribution in [3.05, 3.63) is 0 Å². The number of hydrogen-bond acceptors (Lipinski definition) is 5. The van der Waals surface area contributed by atoms with E-state index in [0.29, 0.717) is 6.54 Å². The molecular weight excluding hydrogens is 162 g/mol. The van der Waals surface area contributed by atoms with Gasteiger partial charge in [-0.05, 0) is 6.54 Å². The van der Waals surface area contributed by atoms with E-state index in [1.54, 1.807) is 0 Å². The van der Waals surface area contributed by atoms with Gasteiger partial charge in [0.1, 0.15) is 6.10 Å². The van der Waals surface area contributed by atoms with Crippen LogP contribution in [0.25, 0.3) is 0 Å². The standard InChI is InChI=1S/C7H13NO4/c1-12-6(10)7(11)2-3-8-4-5(7)9/h5,8-9,11H,2-4H2,1H3/t5-,7+/m0/s1. The number of esters is 1. The first-order valence-corrected chi connectivity index (χ1v) is 3.81. The van der Waals surface area contributed by atoms with Crippen molar-refractivity contribution in [2.24, 2.45) is 0 Å². The van der Waals surface area contributed by atoms with Gasteiger partial charge in [0.05, 0.1) is 7.11 Å². The third-order valence-electron chi connectivity index (χ3n) is 2.11. The van der Waals surface area contributed by atoms with Gasteiger partial charge in [-0.15, -0.1) is 0 Å². The number of methoxy groups -OCH3 is 1. The molecule has 0 spiro atoms. The number of aliphatic hydroxyl groups is 2. The second-order valence-corrected chi connectivity index (χ2v) is 2.89. The Bertz CT molecular complexity index is 184. The first-order valence-electron chi connectivity index (χ1n) is 3.81. The molecule has 1 aliphatic heterocycles. The van der Waals surface area contributed by atoms with Crippen LogP contribution in [0.15, 0.2) is 0 Å². The van der Waals surface area contributed by atoms with Crippen molar-refractivity contribution in [3.63, 3.8) is 0 Å². The van der Waals surface area contributed by atoms with Crippen LogP contribution in [0.5, 0.6) is 0 Å². The molecule has 0 aliphatic carbocycles. The molecule has 5 nitrogen and oxygen atoms in total. The molecule has 1 saturated heterocycles. The van der Waals surface area contributed by atoms with Crippen LogP contribution in [0.2, 0.25) is 0 Å². The fraction of sp³-hybridized carbons (Fsp3) is 0.857. The smallest absolute Gasteiger partial charge is 0.340 e. The maximum atomic E-state index is 11.0. The lowest BCUT2D eigenvalue weighted by atomic mass is 9.90. The van der Waals surface area contributed by atoms with Crippen molar-refractivity contribution in [2.45, 2.75) is 18.1 Å². The molecule has 12 heavy (non-hydrogen) atoms. The quantitative estimate of drug-likeness (QED) is 0.412. The van der Waals surface area contributed by atoms with Gasteiger partial charge < -0.3 is 20.3 Å². The number of hydrogen-bond donors (Lipinski definition) is 3. The summed E-state index contributed by atoms with van der Waals surface area (Å²) in [7, 11) is 1.19. The van der Waals surface area contributed by atoms with Crippen molar-refractivity contribution in [1.82, 2.24) is 5.32 Å². The second-order valence-electron chi connectivity index (χ2n) is 2.89. The predicted octanol–water partition coefficient (Wildman–Crippen LogP) is -1.76. The van der Waals surface area contributed by atoms with E-state index in [9.17, 15) is 15.0 Å². The number of nitrogens with one attached hydrogen (secondary N) is 1. The predicted molar refractivity (Wildman–Crippen MR) is 40.5 cm³/mol. The van der Waals surface area contributed by atoms with Gasteiger partial charge in [0.25, 0.3) is 0 Å². The Morgan fingerprint density at radius 3 is 2.92 bits per heavy atom. The maximum Gasteiger partial charge on any atom is 0.340 e. The summed E-state index contributed by atoms with van der Waals surface area (Å²) >= 11 is 0. The summed E-state index contributed by atoms with van der Waals surface area (Å²) in [5, 5.41) is 21.8. The van der Waals surface area contributed by atoms with Crippen LogP contribution in [-0.4, -0.2) is 48.1 Å². The monoisotopic (exact) mass is 175 g/mol. The van der Waals surface area contributed by atoms with E-state index in [4.69, 9.17) is 0 Å². The highest BCUT2D eigenvalue weighted by molar-refractivity contribution is 5.80. The molecule has 1 rings (SSSR count). The number of aliphatic hydroxyl groups excluding tert-OH is 1. The largest absolute Gasteiger partial charge is 0.467 e. The molecule has 5 heteroatoms. The summed E-state index contributed by atoms with van der Waals surface area (Å²) in [4.78, 5) is 11.0. The van der Waals surface area contributed by atoms with Crippen LogP contribution in [-0.2, 0) is 9.53 Å². The lowest BCUT2D eigenvalue weighted by molar-refractivity contribution is -0.178. The average Bonchev–Trinajstić information content (AvgIpc) is 2.09. The van der Waals surface area contributed by atoms with Crippen LogP contribution in [0.4, 0.5) is 0 Å². The number of carbonyl (C=O) groups is 1. The lowest BCUT2D eigenvalue weighted by Crippen LogP contribution is -2.59. The minimum atomic E-state index is -1.72. The van der Waals surface area contributed by atoms with Gasteiger partial charge in [-0.25, -0.2) is 4.79 Å². The first-order chi connectivity index (χ1) is 5.61. The van der Waals surface area contributed by atoms with Crippen molar-refractivity contribution in [1.29, 1.82) is 0 Å². The van der Waals surface area contributed by atoms with Gasteiger partial charge >= 0.3 is 5.97 Å². The van der Waals surface area contributed by atoms with Gasteiger partial charge in [0.2, 0.25) is 0 Å². The molecule has 0 unspecified atom stereocenters. The number of carbonyl (C=O) groups excluding carboxylic acids is 1. The SMILES string of the molecule is COC(=O)[C@@]1(O)CCNC[C@@H]1O. The summed E-state index contributed by atoms with van der Waals surface area (Å²) in [6, 6.07) is 0. The average molecular weight is 175 g/mol. The van der Waals surface area contributed by atoms with E-state index in [1.807, 2.05) is 0 Å². The molecule has 0 bridgehead atoms. The van der Waals surface area contributed by atoms with E-state index < -0.39 is 17.7 Å². The highest BCUT2D eigenvalue weighted by Crippen LogP contribution is 2.19. The normalized spacial score (nSPS) is 36.1. The fourth-order valence-electron chi connectivity index (χ4n) is 1.27. The maximum absolute atomic E-state index is 11.0.